The summed E-state index contributed by atoms with van der Waals surface area (Å²) in [6, 6.07) is -0.515. The molecule has 1 aliphatic heterocycles. The highest BCUT2D eigenvalue weighted by molar-refractivity contribution is 5.82. The lowest BCUT2D eigenvalue weighted by Crippen LogP contribution is -2.54. The van der Waals surface area contributed by atoms with Gasteiger partial charge in [-0.3, -0.25) is 4.90 Å². The molecule has 0 N–H and O–H groups in total. The van der Waals surface area contributed by atoms with Crippen LogP contribution < -0.4 is 0 Å². The lowest BCUT2D eigenvalue weighted by molar-refractivity contribution is -0.150. The van der Waals surface area contributed by atoms with Crippen molar-refractivity contribution >= 4 is 12.1 Å². The zero-order chi connectivity index (χ0) is 14.6. The van der Waals surface area contributed by atoms with Crippen LogP contribution in [0.4, 0.5) is 4.79 Å². The van der Waals surface area contributed by atoms with Crippen LogP contribution in [-0.4, -0.2) is 42.3 Å². The van der Waals surface area contributed by atoms with Gasteiger partial charge in [0.15, 0.2) is 0 Å². The fourth-order valence-corrected chi connectivity index (χ4v) is 2.47. The Labute approximate surface area is 115 Å². The van der Waals surface area contributed by atoms with Crippen LogP contribution >= 0.6 is 0 Å². The number of carbonyl (C=O) groups excluding carboxylic acids is 2. The molecule has 110 valence electrons. The van der Waals surface area contributed by atoms with Crippen LogP contribution in [-0.2, 0) is 14.3 Å². The number of nitrogens with zero attached hydrogens (tertiary/aromatic N) is 1. The summed E-state index contributed by atoms with van der Waals surface area (Å²) in [6.45, 7) is 8.03. The SMILES string of the molecule is CC[C@H]1CCCN(C(=O)OC(C)(C)C)[C@@H]1C(=O)OC. The first-order valence-corrected chi connectivity index (χ1v) is 6.87. The number of hydrogen-bond donors (Lipinski definition) is 0. The van der Waals surface area contributed by atoms with Gasteiger partial charge in [0.1, 0.15) is 11.6 Å². The van der Waals surface area contributed by atoms with Crippen molar-refractivity contribution in [3.8, 4) is 0 Å². The van der Waals surface area contributed by atoms with Crippen molar-refractivity contribution < 1.29 is 19.1 Å². The summed E-state index contributed by atoms with van der Waals surface area (Å²) in [5, 5.41) is 0. The van der Waals surface area contributed by atoms with Gasteiger partial charge in [-0.05, 0) is 39.5 Å². The Hall–Kier alpha value is -1.26. The van der Waals surface area contributed by atoms with Gasteiger partial charge in [0.25, 0.3) is 0 Å². The van der Waals surface area contributed by atoms with E-state index in [0.29, 0.717) is 6.54 Å². The first kappa shape index (κ1) is 15.8. The summed E-state index contributed by atoms with van der Waals surface area (Å²) < 4.78 is 10.2. The molecule has 1 rings (SSSR count). The van der Waals surface area contributed by atoms with E-state index in [1.807, 2.05) is 27.7 Å². The molecule has 0 saturated carbocycles. The van der Waals surface area contributed by atoms with Gasteiger partial charge in [-0.25, -0.2) is 9.59 Å². The van der Waals surface area contributed by atoms with E-state index in [1.54, 1.807) is 0 Å². The first-order chi connectivity index (χ1) is 8.80. The second-order valence-corrected chi connectivity index (χ2v) is 5.95. The molecule has 5 nitrogen and oxygen atoms in total. The number of hydrogen-bond acceptors (Lipinski definition) is 4. The van der Waals surface area contributed by atoms with Crippen molar-refractivity contribution in [2.45, 2.75) is 58.6 Å². The third-order valence-electron chi connectivity index (χ3n) is 3.35. The highest BCUT2D eigenvalue weighted by Gasteiger charge is 2.40. The van der Waals surface area contributed by atoms with Crippen LogP contribution in [0.15, 0.2) is 0 Å². The van der Waals surface area contributed by atoms with Crippen molar-refractivity contribution in [3.05, 3.63) is 0 Å². The molecule has 0 aromatic heterocycles. The predicted molar refractivity (Wildman–Crippen MR) is 71.8 cm³/mol. The van der Waals surface area contributed by atoms with E-state index in [-0.39, 0.29) is 11.9 Å². The minimum Gasteiger partial charge on any atom is -0.467 e. The van der Waals surface area contributed by atoms with Crippen molar-refractivity contribution in [1.29, 1.82) is 0 Å². The molecule has 2 atom stereocenters. The Morgan fingerprint density at radius 3 is 2.42 bits per heavy atom. The number of piperidine rings is 1. The number of carbonyl (C=O) groups is 2. The topological polar surface area (TPSA) is 55.8 Å². The zero-order valence-corrected chi connectivity index (χ0v) is 12.6. The van der Waals surface area contributed by atoms with Crippen LogP contribution in [0.2, 0.25) is 0 Å². The van der Waals surface area contributed by atoms with E-state index < -0.39 is 17.7 Å². The van der Waals surface area contributed by atoms with Gasteiger partial charge >= 0.3 is 12.1 Å². The molecule has 0 aromatic carbocycles. The Morgan fingerprint density at radius 2 is 1.95 bits per heavy atom. The molecule has 0 aliphatic carbocycles. The lowest BCUT2D eigenvalue weighted by atomic mass is 9.87. The molecule has 0 bridgehead atoms. The minimum absolute atomic E-state index is 0.147. The average Bonchev–Trinajstić information content (AvgIpc) is 2.34. The zero-order valence-electron chi connectivity index (χ0n) is 12.6. The van der Waals surface area contributed by atoms with Crippen molar-refractivity contribution in [2.75, 3.05) is 13.7 Å². The van der Waals surface area contributed by atoms with E-state index in [0.717, 1.165) is 19.3 Å². The summed E-state index contributed by atoms with van der Waals surface area (Å²) in [4.78, 5) is 25.7. The summed E-state index contributed by atoms with van der Waals surface area (Å²) in [7, 11) is 1.36. The molecule has 5 heteroatoms. The number of ether oxygens (including phenoxy) is 2. The molecular formula is C14H25NO4. The van der Waals surface area contributed by atoms with Crippen molar-refractivity contribution in [1.82, 2.24) is 4.90 Å². The maximum Gasteiger partial charge on any atom is 0.411 e. The van der Waals surface area contributed by atoms with Crippen LogP contribution in [0.1, 0.15) is 47.0 Å². The fraction of sp³-hybridized carbons (Fsp3) is 0.857. The third kappa shape index (κ3) is 4.11. The number of esters is 1. The molecule has 1 heterocycles. The lowest BCUT2D eigenvalue weighted by Gasteiger charge is -2.39. The maximum absolute atomic E-state index is 12.2. The van der Waals surface area contributed by atoms with E-state index in [2.05, 4.69) is 0 Å². The van der Waals surface area contributed by atoms with Gasteiger partial charge in [0.2, 0.25) is 0 Å². The molecule has 19 heavy (non-hydrogen) atoms. The van der Waals surface area contributed by atoms with Gasteiger partial charge in [-0.2, -0.15) is 0 Å². The van der Waals surface area contributed by atoms with Gasteiger partial charge in [-0.15, -0.1) is 0 Å². The highest BCUT2D eigenvalue weighted by Crippen LogP contribution is 2.28. The first-order valence-electron chi connectivity index (χ1n) is 6.87. The highest BCUT2D eigenvalue weighted by atomic mass is 16.6. The van der Waals surface area contributed by atoms with Crippen LogP contribution in [0, 0.1) is 5.92 Å². The fourth-order valence-electron chi connectivity index (χ4n) is 2.47. The molecular weight excluding hydrogens is 246 g/mol. The quantitative estimate of drug-likeness (QED) is 0.724. The van der Waals surface area contributed by atoms with Crippen molar-refractivity contribution in [2.24, 2.45) is 5.92 Å². The van der Waals surface area contributed by atoms with Gasteiger partial charge < -0.3 is 9.47 Å². The average molecular weight is 271 g/mol. The molecule has 0 radical (unpaired) electrons. The maximum atomic E-state index is 12.2. The van der Waals surface area contributed by atoms with E-state index in [4.69, 9.17) is 9.47 Å². The van der Waals surface area contributed by atoms with Gasteiger partial charge in [-0.1, -0.05) is 13.3 Å². The number of methoxy groups -OCH3 is 1. The molecule has 0 aromatic rings. The summed E-state index contributed by atoms with van der Waals surface area (Å²) in [6.07, 6.45) is 2.25. The molecule has 0 spiro atoms. The third-order valence-corrected chi connectivity index (χ3v) is 3.35. The van der Waals surface area contributed by atoms with Gasteiger partial charge in [0.05, 0.1) is 7.11 Å². The molecule has 1 fully saturated rings. The summed E-state index contributed by atoms with van der Waals surface area (Å²) in [5.41, 5.74) is -0.559. The molecule has 1 amide bonds. The minimum atomic E-state index is -0.559. The molecule has 1 aliphatic rings. The van der Waals surface area contributed by atoms with Crippen molar-refractivity contribution in [3.63, 3.8) is 0 Å². The van der Waals surface area contributed by atoms with E-state index >= 15 is 0 Å². The Kier molecular flexibility index (Phi) is 5.20. The van der Waals surface area contributed by atoms with E-state index in [9.17, 15) is 9.59 Å². The summed E-state index contributed by atoms with van der Waals surface area (Å²) in [5.74, 6) is -0.203. The molecule has 1 saturated heterocycles. The second kappa shape index (κ2) is 6.26. The standard InChI is InChI=1S/C14H25NO4/c1-6-10-8-7-9-15(11(10)12(16)18-5)13(17)19-14(2,3)4/h10-11H,6-9H2,1-5H3/t10-,11-/m0/s1. The summed E-state index contributed by atoms with van der Waals surface area (Å²) >= 11 is 0. The van der Waals surface area contributed by atoms with Crippen LogP contribution in [0.25, 0.3) is 0 Å². The number of likely N-dealkylation sites (tertiary alicyclic amines) is 1. The van der Waals surface area contributed by atoms with Gasteiger partial charge in [0, 0.05) is 6.54 Å². The Morgan fingerprint density at radius 1 is 1.32 bits per heavy atom. The second-order valence-electron chi connectivity index (χ2n) is 5.95. The van der Waals surface area contributed by atoms with Crippen LogP contribution in [0.3, 0.4) is 0 Å². The van der Waals surface area contributed by atoms with E-state index in [1.165, 1.54) is 12.0 Å². The number of rotatable bonds is 2. The Balaban J connectivity index is 2.88. The largest absolute Gasteiger partial charge is 0.467 e. The smallest absolute Gasteiger partial charge is 0.411 e. The predicted octanol–water partition coefficient (Wildman–Crippen LogP) is 2.59. The Bertz CT molecular complexity index is 335. The monoisotopic (exact) mass is 271 g/mol. The number of amides is 1. The normalized spacial score (nSPS) is 23.9. The van der Waals surface area contributed by atoms with Crippen LogP contribution in [0.5, 0.6) is 0 Å². The molecule has 0 unspecified atom stereocenters.